The van der Waals surface area contributed by atoms with Crippen LogP contribution in [-0.4, -0.2) is 20.4 Å². The standard InChI is InChI=1S/2C2H2N2S/c2*1-3-4-2-5-1/h2*1-2H. The Hall–Kier alpha value is -0.880. The molecule has 52 valence electrons. The van der Waals surface area contributed by atoms with E-state index in [1.54, 1.807) is 22.0 Å². The quantitative estimate of drug-likeness (QED) is 0.596. The zero-order valence-electron chi connectivity index (χ0n) is 4.91. The van der Waals surface area contributed by atoms with E-state index >= 15 is 0 Å². The molecular weight excluding hydrogens is 168 g/mol. The molecule has 0 saturated carbocycles. The molecule has 4 nitrogen and oxygen atoms in total. The Bertz CT molecular complexity index is 154. The van der Waals surface area contributed by atoms with Crippen molar-refractivity contribution >= 4 is 22.7 Å². The maximum absolute atomic E-state index is 3.49. The van der Waals surface area contributed by atoms with E-state index in [4.69, 9.17) is 0 Å². The lowest BCUT2D eigenvalue weighted by Crippen LogP contribution is -1.53. The van der Waals surface area contributed by atoms with Crippen molar-refractivity contribution < 1.29 is 0 Å². The lowest BCUT2D eigenvalue weighted by atomic mass is 11.6. The van der Waals surface area contributed by atoms with Crippen molar-refractivity contribution in [2.75, 3.05) is 0 Å². The van der Waals surface area contributed by atoms with Crippen molar-refractivity contribution in [2.24, 2.45) is 0 Å². The van der Waals surface area contributed by atoms with E-state index in [2.05, 4.69) is 20.4 Å². The van der Waals surface area contributed by atoms with Gasteiger partial charge in [0.25, 0.3) is 0 Å². The molecule has 0 N–H and O–H groups in total. The highest BCUT2D eigenvalue weighted by Gasteiger charge is 1.61. The van der Waals surface area contributed by atoms with E-state index in [0.29, 0.717) is 0 Å². The van der Waals surface area contributed by atoms with Crippen LogP contribution in [0.1, 0.15) is 0 Å². The SMILES string of the molecule is c1nncs1.c1nncs1. The Morgan fingerprint density at radius 1 is 0.600 bits per heavy atom. The van der Waals surface area contributed by atoms with Gasteiger partial charge in [0.15, 0.2) is 0 Å². The highest BCUT2D eigenvalue weighted by molar-refractivity contribution is 7.07. The van der Waals surface area contributed by atoms with Crippen LogP contribution in [0.5, 0.6) is 0 Å². The Balaban J connectivity index is 0.0000001000. The van der Waals surface area contributed by atoms with Gasteiger partial charge in [-0.1, -0.05) is 0 Å². The van der Waals surface area contributed by atoms with Gasteiger partial charge in [0, 0.05) is 0 Å². The predicted molar refractivity (Wildman–Crippen MR) is 39.8 cm³/mol. The first-order valence-electron chi connectivity index (χ1n) is 2.38. The number of aromatic nitrogens is 4. The summed E-state index contributed by atoms with van der Waals surface area (Å²) in [4.78, 5) is 0. The molecule has 0 spiro atoms. The van der Waals surface area contributed by atoms with E-state index in [1.807, 2.05) is 0 Å². The smallest absolute Gasteiger partial charge is 0.103 e. The average Bonchev–Trinajstić information content (AvgIpc) is 2.67. The summed E-state index contributed by atoms with van der Waals surface area (Å²) in [6, 6.07) is 0. The maximum atomic E-state index is 3.49. The molecule has 6 heteroatoms. The third kappa shape index (κ3) is 3.21. The van der Waals surface area contributed by atoms with E-state index in [1.165, 1.54) is 22.7 Å². The van der Waals surface area contributed by atoms with E-state index in [0.717, 1.165) is 0 Å². The summed E-state index contributed by atoms with van der Waals surface area (Å²) >= 11 is 2.98. The van der Waals surface area contributed by atoms with Gasteiger partial charge in [-0.15, -0.1) is 43.1 Å². The monoisotopic (exact) mass is 172 g/mol. The summed E-state index contributed by atoms with van der Waals surface area (Å²) < 4.78 is 0. The first-order chi connectivity index (χ1) is 5.00. The summed E-state index contributed by atoms with van der Waals surface area (Å²) in [5.74, 6) is 0. The van der Waals surface area contributed by atoms with E-state index in [9.17, 15) is 0 Å². The predicted octanol–water partition coefficient (Wildman–Crippen LogP) is 1.08. The van der Waals surface area contributed by atoms with Gasteiger partial charge in [-0.05, 0) is 0 Å². The molecule has 0 bridgehead atoms. The van der Waals surface area contributed by atoms with Gasteiger partial charge in [0.2, 0.25) is 0 Å². The first-order valence-corrected chi connectivity index (χ1v) is 4.26. The largest absolute Gasteiger partial charge is 0.147 e. The van der Waals surface area contributed by atoms with Crippen molar-refractivity contribution in [1.82, 2.24) is 20.4 Å². The third-order valence-corrected chi connectivity index (χ3v) is 1.43. The van der Waals surface area contributed by atoms with E-state index in [-0.39, 0.29) is 0 Å². The zero-order valence-corrected chi connectivity index (χ0v) is 6.55. The summed E-state index contributed by atoms with van der Waals surface area (Å²) in [5, 5.41) is 14.0. The molecular formula is C4H4N4S2. The fraction of sp³-hybridized carbons (Fsp3) is 0. The van der Waals surface area contributed by atoms with Crippen LogP contribution in [0.2, 0.25) is 0 Å². The second-order valence-corrected chi connectivity index (χ2v) is 2.54. The Kier molecular flexibility index (Phi) is 3.58. The molecule has 0 aliphatic carbocycles. The van der Waals surface area contributed by atoms with Crippen molar-refractivity contribution in [3.63, 3.8) is 0 Å². The molecule has 0 unspecified atom stereocenters. The fourth-order valence-electron chi connectivity index (χ4n) is 0.272. The van der Waals surface area contributed by atoms with Gasteiger partial charge in [-0.25, -0.2) is 0 Å². The minimum Gasteiger partial charge on any atom is -0.147 e. The number of nitrogens with zero attached hydrogens (tertiary/aromatic N) is 4. The molecule has 0 fully saturated rings. The normalized spacial score (nSPS) is 8.00. The Labute approximate surface area is 65.6 Å². The van der Waals surface area contributed by atoms with Gasteiger partial charge >= 0.3 is 0 Å². The maximum Gasteiger partial charge on any atom is 0.103 e. The van der Waals surface area contributed by atoms with Crippen molar-refractivity contribution in [3.05, 3.63) is 22.0 Å². The second kappa shape index (κ2) is 4.95. The van der Waals surface area contributed by atoms with Crippen molar-refractivity contribution in [3.8, 4) is 0 Å². The number of hydrogen-bond donors (Lipinski definition) is 0. The minimum atomic E-state index is 1.49. The summed E-state index contributed by atoms with van der Waals surface area (Å²) in [6.45, 7) is 0. The van der Waals surface area contributed by atoms with Crippen LogP contribution in [0.3, 0.4) is 0 Å². The lowest BCUT2D eigenvalue weighted by molar-refractivity contribution is 1.09. The number of rotatable bonds is 0. The minimum absolute atomic E-state index is 1.49. The average molecular weight is 172 g/mol. The van der Waals surface area contributed by atoms with E-state index < -0.39 is 0 Å². The Morgan fingerprint density at radius 2 is 0.900 bits per heavy atom. The third-order valence-electron chi connectivity index (χ3n) is 0.565. The van der Waals surface area contributed by atoms with Crippen LogP contribution in [0.25, 0.3) is 0 Å². The van der Waals surface area contributed by atoms with Crippen molar-refractivity contribution in [1.29, 1.82) is 0 Å². The van der Waals surface area contributed by atoms with Gasteiger partial charge < -0.3 is 0 Å². The van der Waals surface area contributed by atoms with Gasteiger partial charge in [0.1, 0.15) is 22.0 Å². The molecule has 2 aromatic heterocycles. The summed E-state index contributed by atoms with van der Waals surface area (Å²) in [5.41, 5.74) is 6.72. The molecule has 0 aliphatic heterocycles. The van der Waals surface area contributed by atoms with Gasteiger partial charge in [-0.2, -0.15) is 0 Å². The molecule has 2 heterocycles. The number of hydrogen-bond acceptors (Lipinski definition) is 6. The van der Waals surface area contributed by atoms with Gasteiger partial charge in [0.05, 0.1) is 0 Å². The van der Waals surface area contributed by atoms with Crippen LogP contribution >= 0.6 is 22.7 Å². The lowest BCUT2D eigenvalue weighted by Gasteiger charge is -1.41. The van der Waals surface area contributed by atoms with Crippen LogP contribution in [0.4, 0.5) is 0 Å². The van der Waals surface area contributed by atoms with Crippen LogP contribution in [0.15, 0.2) is 22.0 Å². The molecule has 2 rings (SSSR count). The van der Waals surface area contributed by atoms with Gasteiger partial charge in [-0.3, -0.25) is 0 Å². The molecule has 0 atom stereocenters. The highest BCUT2D eigenvalue weighted by Crippen LogP contribution is 1.81. The topological polar surface area (TPSA) is 51.6 Å². The molecule has 10 heavy (non-hydrogen) atoms. The van der Waals surface area contributed by atoms with Crippen molar-refractivity contribution in [2.45, 2.75) is 0 Å². The van der Waals surface area contributed by atoms with Crippen LogP contribution in [-0.2, 0) is 0 Å². The molecule has 0 aromatic carbocycles. The first kappa shape index (κ1) is 7.23. The zero-order chi connectivity index (χ0) is 7.07. The van der Waals surface area contributed by atoms with Crippen LogP contribution in [0, 0.1) is 0 Å². The molecule has 0 aliphatic rings. The summed E-state index contributed by atoms with van der Waals surface area (Å²) in [7, 11) is 0. The fourth-order valence-corrected chi connectivity index (χ4v) is 0.816. The molecule has 2 aromatic rings. The highest BCUT2D eigenvalue weighted by atomic mass is 32.1. The molecule has 0 radical (unpaired) electrons. The Morgan fingerprint density at radius 3 is 1.00 bits per heavy atom. The summed E-state index contributed by atoms with van der Waals surface area (Å²) in [6.07, 6.45) is 0. The van der Waals surface area contributed by atoms with Crippen LogP contribution < -0.4 is 0 Å². The molecule has 0 saturated heterocycles. The molecule has 0 amide bonds. The second-order valence-electron chi connectivity index (χ2n) is 1.16.